The molecule has 0 atom stereocenters. The van der Waals surface area contributed by atoms with Crippen LogP contribution >= 0.6 is 0 Å². The zero-order valence-corrected chi connectivity index (χ0v) is 20.6. The van der Waals surface area contributed by atoms with Crippen LogP contribution in [0, 0.1) is 17.8 Å². The van der Waals surface area contributed by atoms with Crippen molar-refractivity contribution in [3.8, 4) is 0 Å². The van der Waals surface area contributed by atoms with E-state index in [-0.39, 0.29) is 6.03 Å². The molecule has 1 aromatic carbocycles. The molecule has 2 aromatic rings. The van der Waals surface area contributed by atoms with Crippen LogP contribution in [0.5, 0.6) is 0 Å². The van der Waals surface area contributed by atoms with E-state index in [0.717, 1.165) is 55.7 Å². The average Bonchev–Trinajstić information content (AvgIpc) is 2.89. The van der Waals surface area contributed by atoms with Crippen LogP contribution in [0.1, 0.15) is 57.8 Å². The largest absolute Gasteiger partial charge is 0.427 e. The molecule has 2 saturated carbocycles. The van der Waals surface area contributed by atoms with Gasteiger partial charge in [-0.05, 0) is 80.5 Å². The van der Waals surface area contributed by atoms with Crippen LogP contribution in [-0.2, 0) is 0 Å². The van der Waals surface area contributed by atoms with Crippen LogP contribution in [-0.4, -0.2) is 47.6 Å². The molecule has 6 heteroatoms. The summed E-state index contributed by atoms with van der Waals surface area (Å²) in [7, 11) is 1.90. The van der Waals surface area contributed by atoms with Crippen LogP contribution in [0.2, 0.25) is 0 Å². The molecule has 0 bridgehead atoms. The van der Waals surface area contributed by atoms with Crippen LogP contribution in [0.25, 0.3) is 0 Å². The first-order chi connectivity index (χ1) is 16.6. The number of hydrogen-bond donors (Lipinski definition) is 1. The SMILES string of the molecule is CN(C(=O)N(CC1CCCCC1)CC1CCC(CN=c2ccccn2O)CC1)c1ccccc1. The van der Waals surface area contributed by atoms with Crippen LogP contribution in [0.15, 0.2) is 59.7 Å². The average molecular weight is 465 g/mol. The summed E-state index contributed by atoms with van der Waals surface area (Å²) < 4.78 is 1.09. The summed E-state index contributed by atoms with van der Waals surface area (Å²) in [4.78, 5) is 22.1. The molecule has 1 N–H and O–H groups in total. The van der Waals surface area contributed by atoms with Gasteiger partial charge in [0.1, 0.15) is 0 Å². The van der Waals surface area contributed by atoms with E-state index in [9.17, 15) is 10.0 Å². The molecule has 1 heterocycles. The number of aromatic nitrogens is 1. The molecular formula is C28H40N4O2. The summed E-state index contributed by atoms with van der Waals surface area (Å²) in [6, 6.07) is 15.6. The molecule has 0 spiro atoms. The molecule has 0 radical (unpaired) electrons. The number of nitrogens with zero attached hydrogens (tertiary/aromatic N) is 4. The summed E-state index contributed by atoms with van der Waals surface area (Å²) >= 11 is 0. The number of benzene rings is 1. The number of carbonyl (C=O) groups is 1. The Labute approximate surface area is 203 Å². The van der Waals surface area contributed by atoms with Gasteiger partial charge in [-0.1, -0.05) is 43.5 Å². The van der Waals surface area contributed by atoms with E-state index >= 15 is 0 Å². The lowest BCUT2D eigenvalue weighted by Gasteiger charge is -2.37. The summed E-state index contributed by atoms with van der Waals surface area (Å²) in [6.07, 6.45) is 12.6. The van der Waals surface area contributed by atoms with E-state index in [0.29, 0.717) is 23.2 Å². The Morgan fingerprint density at radius 1 is 0.882 bits per heavy atom. The van der Waals surface area contributed by atoms with Gasteiger partial charge in [0, 0.05) is 38.6 Å². The number of para-hydroxylation sites is 1. The van der Waals surface area contributed by atoms with Crippen molar-refractivity contribution in [2.75, 3.05) is 31.6 Å². The second-order valence-electron chi connectivity index (χ2n) is 10.2. The number of carbonyl (C=O) groups excluding carboxylic acids is 1. The minimum absolute atomic E-state index is 0.130. The second-order valence-corrected chi connectivity index (χ2v) is 10.2. The highest BCUT2D eigenvalue weighted by molar-refractivity contribution is 5.91. The zero-order chi connectivity index (χ0) is 23.8. The first kappa shape index (κ1) is 24.4. The Hall–Kier alpha value is -2.76. The zero-order valence-electron chi connectivity index (χ0n) is 20.6. The molecule has 4 rings (SSSR count). The van der Waals surface area contributed by atoms with E-state index in [4.69, 9.17) is 0 Å². The van der Waals surface area contributed by atoms with Crippen molar-refractivity contribution in [2.24, 2.45) is 22.7 Å². The number of urea groups is 1. The van der Waals surface area contributed by atoms with Crippen molar-refractivity contribution < 1.29 is 10.0 Å². The molecule has 1 aromatic heterocycles. The molecule has 2 aliphatic carbocycles. The standard InChI is InChI=1S/C28H40N4O2/c1-30(26-12-6-3-7-13-26)28(33)31(21-24-10-4-2-5-11-24)22-25-17-15-23(16-18-25)20-29-27-14-8-9-19-32(27)34/h3,6-9,12-14,19,23-25,34H,2,4-5,10-11,15-18,20-22H2,1H3. The Morgan fingerprint density at radius 2 is 1.50 bits per heavy atom. The van der Waals surface area contributed by atoms with Crippen molar-refractivity contribution in [2.45, 2.75) is 57.8 Å². The van der Waals surface area contributed by atoms with Crippen molar-refractivity contribution >= 4 is 11.7 Å². The van der Waals surface area contributed by atoms with Crippen molar-refractivity contribution in [1.29, 1.82) is 0 Å². The molecule has 0 unspecified atom stereocenters. The minimum atomic E-state index is 0.130. The second kappa shape index (κ2) is 12.1. The van der Waals surface area contributed by atoms with Gasteiger partial charge in [-0.15, -0.1) is 0 Å². The first-order valence-corrected chi connectivity index (χ1v) is 13.0. The fourth-order valence-electron chi connectivity index (χ4n) is 5.57. The lowest BCUT2D eigenvalue weighted by molar-refractivity contribution is 0.156. The summed E-state index contributed by atoms with van der Waals surface area (Å²) in [5, 5.41) is 9.88. The van der Waals surface area contributed by atoms with Crippen LogP contribution in [0.3, 0.4) is 0 Å². The molecule has 0 aliphatic heterocycles. The summed E-state index contributed by atoms with van der Waals surface area (Å²) in [5.41, 5.74) is 1.56. The van der Waals surface area contributed by atoms with E-state index in [2.05, 4.69) is 9.89 Å². The van der Waals surface area contributed by atoms with Gasteiger partial charge in [0.2, 0.25) is 0 Å². The monoisotopic (exact) mass is 464 g/mol. The Bertz CT molecular complexity index is 960. The third kappa shape index (κ3) is 6.64. The topological polar surface area (TPSA) is 61.1 Å². The number of hydrogen-bond acceptors (Lipinski definition) is 3. The van der Waals surface area contributed by atoms with Gasteiger partial charge < -0.3 is 10.1 Å². The fraction of sp³-hybridized carbons (Fsp3) is 0.571. The van der Waals surface area contributed by atoms with Crippen molar-refractivity contribution in [1.82, 2.24) is 9.63 Å². The highest BCUT2D eigenvalue weighted by Gasteiger charge is 2.28. The van der Waals surface area contributed by atoms with Crippen molar-refractivity contribution in [3.05, 3.63) is 60.2 Å². The van der Waals surface area contributed by atoms with Gasteiger partial charge in [-0.3, -0.25) is 9.89 Å². The highest BCUT2D eigenvalue weighted by Crippen LogP contribution is 2.31. The normalized spacial score (nSPS) is 21.9. The van der Waals surface area contributed by atoms with Gasteiger partial charge in [0.05, 0.1) is 0 Å². The number of rotatable bonds is 7. The Kier molecular flexibility index (Phi) is 8.67. The Balaban J connectivity index is 1.35. The molecular weight excluding hydrogens is 424 g/mol. The van der Waals surface area contributed by atoms with E-state index < -0.39 is 0 Å². The molecule has 2 fully saturated rings. The Morgan fingerprint density at radius 3 is 2.18 bits per heavy atom. The molecule has 2 amide bonds. The maximum absolute atomic E-state index is 13.6. The third-order valence-electron chi connectivity index (χ3n) is 7.68. The predicted molar refractivity (Wildman–Crippen MR) is 136 cm³/mol. The maximum atomic E-state index is 13.6. The number of anilines is 1. The molecule has 2 aliphatic rings. The maximum Gasteiger partial charge on any atom is 0.324 e. The van der Waals surface area contributed by atoms with Gasteiger partial charge >= 0.3 is 6.03 Å². The van der Waals surface area contributed by atoms with E-state index in [1.807, 2.05) is 54.4 Å². The minimum Gasteiger partial charge on any atom is -0.427 e. The van der Waals surface area contributed by atoms with E-state index in [1.54, 1.807) is 12.3 Å². The lowest BCUT2D eigenvalue weighted by Crippen LogP contribution is -2.46. The number of amides is 2. The van der Waals surface area contributed by atoms with Crippen LogP contribution in [0.4, 0.5) is 10.5 Å². The quantitative estimate of drug-likeness (QED) is 0.545. The third-order valence-corrected chi connectivity index (χ3v) is 7.68. The highest BCUT2D eigenvalue weighted by atomic mass is 16.5. The van der Waals surface area contributed by atoms with Gasteiger partial charge in [-0.2, -0.15) is 4.73 Å². The fourth-order valence-corrected chi connectivity index (χ4v) is 5.57. The molecule has 34 heavy (non-hydrogen) atoms. The van der Waals surface area contributed by atoms with Crippen LogP contribution < -0.4 is 10.4 Å². The predicted octanol–water partition coefficient (Wildman–Crippen LogP) is 5.57. The number of pyridine rings is 1. The molecule has 184 valence electrons. The van der Waals surface area contributed by atoms with E-state index in [1.165, 1.54) is 32.1 Å². The smallest absolute Gasteiger partial charge is 0.324 e. The van der Waals surface area contributed by atoms with Crippen molar-refractivity contribution in [3.63, 3.8) is 0 Å². The summed E-state index contributed by atoms with van der Waals surface area (Å²) in [6.45, 7) is 2.49. The summed E-state index contributed by atoms with van der Waals surface area (Å²) in [5.74, 6) is 1.73. The van der Waals surface area contributed by atoms with Gasteiger partial charge in [-0.25, -0.2) is 4.79 Å². The van der Waals surface area contributed by atoms with Gasteiger partial charge in [0.25, 0.3) is 0 Å². The molecule has 6 nitrogen and oxygen atoms in total. The first-order valence-electron chi connectivity index (χ1n) is 13.0. The molecule has 0 saturated heterocycles. The lowest BCUT2D eigenvalue weighted by atomic mass is 9.81. The van der Waals surface area contributed by atoms with Gasteiger partial charge in [0.15, 0.2) is 5.49 Å².